The summed E-state index contributed by atoms with van der Waals surface area (Å²) in [4.78, 5) is 18.0. The van der Waals surface area contributed by atoms with E-state index in [4.69, 9.17) is 9.52 Å². The molecule has 1 N–H and O–H groups in total. The maximum absolute atomic E-state index is 10.8. The third-order valence-corrected chi connectivity index (χ3v) is 3.66. The number of thiophene rings is 1. The SMILES string of the molecule is CCN(CC(=O)O)Cc1nc(-c2cccs2)oc1C. The van der Waals surface area contributed by atoms with Crippen LogP contribution in [0.25, 0.3) is 10.8 Å². The second-order valence-electron chi connectivity index (χ2n) is 4.20. The quantitative estimate of drug-likeness (QED) is 0.881. The topological polar surface area (TPSA) is 66.6 Å². The lowest BCUT2D eigenvalue weighted by Gasteiger charge is -2.16. The van der Waals surface area contributed by atoms with Crippen molar-refractivity contribution in [3.63, 3.8) is 0 Å². The highest BCUT2D eigenvalue weighted by Gasteiger charge is 2.16. The summed E-state index contributed by atoms with van der Waals surface area (Å²) >= 11 is 1.57. The highest BCUT2D eigenvalue weighted by Crippen LogP contribution is 2.26. The molecule has 6 heteroatoms. The van der Waals surface area contributed by atoms with Gasteiger partial charge in [-0.2, -0.15) is 0 Å². The summed E-state index contributed by atoms with van der Waals surface area (Å²) in [5.41, 5.74) is 0.798. The van der Waals surface area contributed by atoms with E-state index in [1.165, 1.54) is 0 Å². The van der Waals surface area contributed by atoms with Gasteiger partial charge >= 0.3 is 5.97 Å². The first kappa shape index (κ1) is 13.8. The molecule has 0 unspecified atom stereocenters. The van der Waals surface area contributed by atoms with E-state index in [9.17, 15) is 4.79 Å². The normalized spacial score (nSPS) is 11.1. The Bertz CT molecular complexity index is 548. The molecule has 19 heavy (non-hydrogen) atoms. The molecule has 0 fully saturated rings. The fourth-order valence-corrected chi connectivity index (χ4v) is 2.41. The molecule has 0 spiro atoms. The van der Waals surface area contributed by atoms with Crippen molar-refractivity contribution in [2.75, 3.05) is 13.1 Å². The van der Waals surface area contributed by atoms with Crippen molar-refractivity contribution in [2.45, 2.75) is 20.4 Å². The zero-order valence-corrected chi connectivity index (χ0v) is 11.7. The minimum Gasteiger partial charge on any atom is -0.480 e. The van der Waals surface area contributed by atoms with Crippen LogP contribution in [0.3, 0.4) is 0 Å². The third-order valence-electron chi connectivity index (χ3n) is 2.80. The average molecular weight is 280 g/mol. The fourth-order valence-electron chi connectivity index (χ4n) is 1.76. The first-order valence-electron chi connectivity index (χ1n) is 6.04. The summed E-state index contributed by atoms with van der Waals surface area (Å²) in [6, 6.07) is 3.90. The van der Waals surface area contributed by atoms with Gasteiger partial charge in [0.15, 0.2) is 0 Å². The number of carboxylic acids is 1. The largest absolute Gasteiger partial charge is 0.480 e. The van der Waals surface area contributed by atoms with E-state index >= 15 is 0 Å². The van der Waals surface area contributed by atoms with Crippen LogP contribution >= 0.6 is 11.3 Å². The van der Waals surface area contributed by atoms with Crippen molar-refractivity contribution in [2.24, 2.45) is 0 Å². The molecular weight excluding hydrogens is 264 g/mol. The molecule has 2 aromatic rings. The molecule has 102 valence electrons. The number of aryl methyl sites for hydroxylation is 1. The van der Waals surface area contributed by atoms with Gasteiger partial charge in [0, 0.05) is 6.54 Å². The van der Waals surface area contributed by atoms with Crippen LogP contribution in [0.2, 0.25) is 0 Å². The van der Waals surface area contributed by atoms with Crippen molar-refractivity contribution < 1.29 is 14.3 Å². The summed E-state index contributed by atoms with van der Waals surface area (Å²) < 4.78 is 5.63. The molecule has 0 amide bonds. The van der Waals surface area contributed by atoms with E-state index in [1.807, 2.05) is 36.3 Å². The highest BCUT2D eigenvalue weighted by atomic mass is 32.1. The minimum absolute atomic E-state index is 0.0110. The van der Waals surface area contributed by atoms with Crippen molar-refractivity contribution >= 4 is 17.3 Å². The summed E-state index contributed by atoms with van der Waals surface area (Å²) in [6.07, 6.45) is 0. The minimum atomic E-state index is -0.832. The number of aliphatic carboxylic acids is 1. The van der Waals surface area contributed by atoms with Crippen molar-refractivity contribution in [1.29, 1.82) is 0 Å². The standard InChI is InChI=1S/C13H16N2O3S/c1-3-15(8-12(16)17)7-10-9(2)18-13(14-10)11-5-4-6-19-11/h4-6H,3,7-8H2,1-2H3,(H,16,17). The molecule has 0 radical (unpaired) electrons. The molecule has 0 bridgehead atoms. The van der Waals surface area contributed by atoms with Gasteiger partial charge in [0.2, 0.25) is 5.89 Å². The molecule has 2 aromatic heterocycles. The predicted octanol–water partition coefficient (Wildman–Crippen LogP) is 2.62. The number of carboxylic acid groups (broad SMARTS) is 1. The third kappa shape index (κ3) is 3.42. The van der Waals surface area contributed by atoms with E-state index in [-0.39, 0.29) is 6.54 Å². The lowest BCUT2D eigenvalue weighted by molar-refractivity contribution is -0.138. The molecule has 0 atom stereocenters. The van der Waals surface area contributed by atoms with E-state index < -0.39 is 5.97 Å². The molecule has 0 aliphatic carbocycles. The number of aromatic nitrogens is 1. The molecule has 0 saturated heterocycles. The smallest absolute Gasteiger partial charge is 0.317 e. The van der Waals surface area contributed by atoms with Crippen molar-refractivity contribution in [3.8, 4) is 10.8 Å². The molecule has 2 heterocycles. The van der Waals surface area contributed by atoms with E-state index in [1.54, 1.807) is 11.3 Å². The maximum atomic E-state index is 10.8. The lowest BCUT2D eigenvalue weighted by Crippen LogP contribution is -2.29. The summed E-state index contributed by atoms with van der Waals surface area (Å²) in [5.74, 6) is 0.516. The molecule has 0 aromatic carbocycles. The van der Waals surface area contributed by atoms with Gasteiger partial charge in [0.1, 0.15) is 5.76 Å². The van der Waals surface area contributed by atoms with Gasteiger partial charge in [-0.3, -0.25) is 9.69 Å². The number of nitrogens with zero attached hydrogens (tertiary/aromatic N) is 2. The molecule has 2 rings (SSSR count). The van der Waals surface area contributed by atoms with Crippen LogP contribution in [0.4, 0.5) is 0 Å². The Labute approximate surface area is 115 Å². The monoisotopic (exact) mass is 280 g/mol. The van der Waals surface area contributed by atoms with Gasteiger partial charge in [-0.15, -0.1) is 11.3 Å². The Balaban J connectivity index is 2.14. The van der Waals surface area contributed by atoms with Gasteiger partial charge in [-0.05, 0) is 24.9 Å². The second kappa shape index (κ2) is 5.99. The van der Waals surface area contributed by atoms with Crippen molar-refractivity contribution in [3.05, 3.63) is 29.0 Å². The number of oxazole rings is 1. The summed E-state index contributed by atoms with van der Waals surface area (Å²) in [5, 5.41) is 10.8. The number of hydrogen-bond acceptors (Lipinski definition) is 5. The van der Waals surface area contributed by atoms with E-state index in [0.717, 1.165) is 16.3 Å². The summed E-state index contributed by atoms with van der Waals surface area (Å²) in [7, 11) is 0. The lowest BCUT2D eigenvalue weighted by atomic mass is 10.3. The van der Waals surface area contributed by atoms with Gasteiger partial charge < -0.3 is 9.52 Å². The zero-order chi connectivity index (χ0) is 13.8. The Hall–Kier alpha value is -1.66. The van der Waals surface area contributed by atoms with Crippen molar-refractivity contribution in [1.82, 2.24) is 9.88 Å². The molecular formula is C13H16N2O3S. The van der Waals surface area contributed by atoms with Gasteiger partial charge in [-0.1, -0.05) is 13.0 Å². The Morgan fingerprint density at radius 2 is 2.37 bits per heavy atom. The van der Waals surface area contributed by atoms with Crippen LogP contribution in [0.15, 0.2) is 21.9 Å². The van der Waals surface area contributed by atoms with Crippen LogP contribution in [0.5, 0.6) is 0 Å². The van der Waals surface area contributed by atoms with Crippen LogP contribution in [0.1, 0.15) is 18.4 Å². The number of likely N-dealkylation sites (N-methyl/N-ethyl adjacent to an activating group) is 1. The molecule has 5 nitrogen and oxygen atoms in total. The van der Waals surface area contributed by atoms with Gasteiger partial charge in [0.25, 0.3) is 0 Å². The number of hydrogen-bond donors (Lipinski definition) is 1. The average Bonchev–Trinajstić information content (AvgIpc) is 2.98. The van der Waals surface area contributed by atoms with Gasteiger partial charge in [0.05, 0.1) is 17.1 Å². The second-order valence-corrected chi connectivity index (χ2v) is 5.14. The predicted molar refractivity (Wildman–Crippen MR) is 73.1 cm³/mol. The molecule has 0 aliphatic rings. The molecule has 0 aliphatic heterocycles. The van der Waals surface area contributed by atoms with E-state index in [0.29, 0.717) is 19.0 Å². The Morgan fingerprint density at radius 3 is 2.95 bits per heavy atom. The molecule has 0 saturated carbocycles. The van der Waals surface area contributed by atoms with Gasteiger partial charge in [-0.25, -0.2) is 4.98 Å². The van der Waals surface area contributed by atoms with Crippen LogP contribution in [-0.4, -0.2) is 34.0 Å². The Kier molecular flexibility index (Phi) is 4.34. The maximum Gasteiger partial charge on any atom is 0.317 e. The summed E-state index contributed by atoms with van der Waals surface area (Å²) in [6.45, 7) is 4.94. The fraction of sp³-hybridized carbons (Fsp3) is 0.385. The van der Waals surface area contributed by atoms with E-state index in [2.05, 4.69) is 4.98 Å². The first-order chi connectivity index (χ1) is 9.10. The van der Waals surface area contributed by atoms with Crippen LogP contribution in [-0.2, 0) is 11.3 Å². The Morgan fingerprint density at radius 1 is 1.58 bits per heavy atom. The zero-order valence-electron chi connectivity index (χ0n) is 10.9. The number of rotatable bonds is 6. The van der Waals surface area contributed by atoms with Crippen LogP contribution < -0.4 is 0 Å². The first-order valence-corrected chi connectivity index (χ1v) is 6.92. The highest BCUT2D eigenvalue weighted by molar-refractivity contribution is 7.13. The number of carbonyl (C=O) groups is 1. The van der Waals surface area contributed by atoms with Crippen LogP contribution in [0, 0.1) is 6.92 Å².